The maximum Gasteiger partial charge on any atom is 0.187 e. The third kappa shape index (κ3) is 5.79. The SMILES string of the molecule is CO[C@@H]1O[C@@H](CO)[C@@H](OC2OC(CO)C(O[C@@H]3O[C@@H](CO)[C@@H](C)C(O)C3O)[C@H](O)C2O)C(O)C1O. The number of rotatable bonds is 8. The largest absolute Gasteiger partial charge is 0.394 e. The normalized spacial score (nSPS) is 51.3. The van der Waals surface area contributed by atoms with Crippen molar-refractivity contribution < 1.29 is 74.4 Å². The maximum absolute atomic E-state index is 10.7. The van der Waals surface area contributed by atoms with Crippen LogP contribution in [0.25, 0.3) is 0 Å². The van der Waals surface area contributed by atoms with Gasteiger partial charge in [-0.25, -0.2) is 0 Å². The van der Waals surface area contributed by atoms with Crippen LogP contribution in [-0.4, -0.2) is 159 Å². The van der Waals surface area contributed by atoms with Gasteiger partial charge in [0.05, 0.1) is 32.0 Å². The second-order valence-corrected chi connectivity index (χ2v) is 8.92. The summed E-state index contributed by atoms with van der Waals surface area (Å²) >= 11 is 0. The lowest BCUT2D eigenvalue weighted by Crippen LogP contribution is -2.66. The highest BCUT2D eigenvalue weighted by molar-refractivity contribution is 4.96. The average Bonchev–Trinajstić information content (AvgIpc) is 2.86. The van der Waals surface area contributed by atoms with Crippen molar-refractivity contribution in [3.63, 3.8) is 0 Å². The standard InChI is InChI=1S/C20H36O15/c1-6-7(3-21)31-19(13(27)10(6)24)34-17-9(5-23)33-20(15(29)12(17)26)35-16-8(4-22)32-18(30-2)14(28)11(16)25/h6-29H,3-5H2,1-2H3/t6-,7+,8+,9?,10?,11?,12-,13?,14?,15?,16-,17?,18-,19+,20?/m1/s1. The van der Waals surface area contributed by atoms with Crippen molar-refractivity contribution in [1.29, 1.82) is 0 Å². The first-order valence-electron chi connectivity index (χ1n) is 11.3. The Morgan fingerprint density at radius 1 is 0.543 bits per heavy atom. The fraction of sp³-hybridized carbons (Fsp3) is 1.00. The van der Waals surface area contributed by atoms with Crippen LogP contribution in [0.15, 0.2) is 0 Å². The van der Waals surface area contributed by atoms with Crippen molar-refractivity contribution in [2.75, 3.05) is 26.9 Å². The van der Waals surface area contributed by atoms with Gasteiger partial charge in [-0.3, -0.25) is 0 Å². The molecule has 15 heteroatoms. The second-order valence-electron chi connectivity index (χ2n) is 8.92. The molecule has 9 N–H and O–H groups in total. The van der Waals surface area contributed by atoms with Gasteiger partial charge in [-0.05, 0) is 0 Å². The van der Waals surface area contributed by atoms with Gasteiger partial charge in [0.15, 0.2) is 18.9 Å². The van der Waals surface area contributed by atoms with E-state index in [-0.39, 0.29) is 0 Å². The van der Waals surface area contributed by atoms with Crippen LogP contribution in [0.5, 0.6) is 0 Å². The smallest absolute Gasteiger partial charge is 0.187 e. The molecular weight excluding hydrogens is 480 g/mol. The summed E-state index contributed by atoms with van der Waals surface area (Å²) in [6, 6.07) is 0. The van der Waals surface area contributed by atoms with E-state index < -0.39 is 112 Å². The Morgan fingerprint density at radius 2 is 0.914 bits per heavy atom. The summed E-state index contributed by atoms with van der Waals surface area (Å²) < 4.78 is 32.4. The van der Waals surface area contributed by atoms with Crippen LogP contribution in [0.4, 0.5) is 0 Å². The lowest BCUT2D eigenvalue weighted by molar-refractivity contribution is -0.377. The molecule has 0 saturated carbocycles. The van der Waals surface area contributed by atoms with Gasteiger partial charge in [0.25, 0.3) is 0 Å². The summed E-state index contributed by atoms with van der Waals surface area (Å²) in [7, 11) is 1.22. The molecule has 0 aromatic heterocycles. The summed E-state index contributed by atoms with van der Waals surface area (Å²) in [5.74, 6) is -0.629. The van der Waals surface area contributed by atoms with Crippen LogP contribution in [0.2, 0.25) is 0 Å². The van der Waals surface area contributed by atoms with Gasteiger partial charge in [-0.2, -0.15) is 0 Å². The molecule has 3 aliphatic heterocycles. The molecule has 3 fully saturated rings. The zero-order valence-corrected chi connectivity index (χ0v) is 19.3. The molecule has 3 saturated heterocycles. The van der Waals surface area contributed by atoms with E-state index in [0.29, 0.717) is 0 Å². The zero-order valence-electron chi connectivity index (χ0n) is 19.3. The topological polar surface area (TPSA) is 237 Å². The van der Waals surface area contributed by atoms with Crippen molar-refractivity contribution in [2.45, 2.75) is 92.9 Å². The minimum atomic E-state index is -1.83. The molecule has 0 amide bonds. The molecule has 15 atom stereocenters. The van der Waals surface area contributed by atoms with E-state index in [9.17, 15) is 46.0 Å². The molecule has 3 aliphatic rings. The van der Waals surface area contributed by atoms with E-state index in [0.717, 1.165) is 0 Å². The highest BCUT2D eigenvalue weighted by Gasteiger charge is 2.53. The van der Waals surface area contributed by atoms with E-state index in [1.807, 2.05) is 0 Å². The van der Waals surface area contributed by atoms with E-state index in [1.54, 1.807) is 6.92 Å². The third-order valence-corrected chi connectivity index (χ3v) is 6.70. The van der Waals surface area contributed by atoms with Crippen LogP contribution in [0, 0.1) is 5.92 Å². The lowest BCUT2D eigenvalue weighted by atomic mass is 9.91. The zero-order chi connectivity index (χ0) is 26.0. The predicted molar refractivity (Wildman–Crippen MR) is 109 cm³/mol. The Balaban J connectivity index is 1.72. The van der Waals surface area contributed by atoms with Crippen LogP contribution in [0.3, 0.4) is 0 Å². The minimum Gasteiger partial charge on any atom is -0.394 e. The highest BCUT2D eigenvalue weighted by Crippen LogP contribution is 2.33. The first-order valence-corrected chi connectivity index (χ1v) is 11.3. The molecular formula is C20H36O15. The van der Waals surface area contributed by atoms with Gasteiger partial charge in [-0.1, -0.05) is 6.92 Å². The van der Waals surface area contributed by atoms with Crippen LogP contribution in [0.1, 0.15) is 6.92 Å². The highest BCUT2D eigenvalue weighted by atomic mass is 16.8. The molecule has 0 aromatic rings. The van der Waals surface area contributed by atoms with Crippen molar-refractivity contribution in [1.82, 2.24) is 0 Å². The Morgan fingerprint density at radius 3 is 1.34 bits per heavy atom. The summed E-state index contributed by atoms with van der Waals surface area (Å²) in [5.41, 5.74) is 0. The molecule has 0 radical (unpaired) electrons. The minimum absolute atomic E-state index is 0.482. The monoisotopic (exact) mass is 516 g/mol. The fourth-order valence-corrected chi connectivity index (χ4v) is 4.45. The van der Waals surface area contributed by atoms with Gasteiger partial charge >= 0.3 is 0 Å². The van der Waals surface area contributed by atoms with E-state index in [2.05, 4.69) is 0 Å². The Bertz CT molecular complexity index is 650. The van der Waals surface area contributed by atoms with Crippen molar-refractivity contribution in [3.05, 3.63) is 0 Å². The quantitative estimate of drug-likeness (QED) is 0.146. The Labute approximate surface area is 200 Å². The number of aliphatic hydroxyl groups is 9. The average molecular weight is 516 g/mol. The molecule has 0 bridgehead atoms. The number of hydrogen-bond donors (Lipinski definition) is 9. The molecule has 35 heavy (non-hydrogen) atoms. The molecule has 15 nitrogen and oxygen atoms in total. The van der Waals surface area contributed by atoms with Crippen molar-refractivity contribution in [2.24, 2.45) is 5.92 Å². The lowest BCUT2D eigenvalue weighted by Gasteiger charge is -2.48. The second kappa shape index (κ2) is 12.3. The van der Waals surface area contributed by atoms with Crippen LogP contribution < -0.4 is 0 Å². The molecule has 0 aliphatic carbocycles. The molecule has 8 unspecified atom stereocenters. The number of hydrogen-bond acceptors (Lipinski definition) is 15. The van der Waals surface area contributed by atoms with Crippen molar-refractivity contribution in [3.8, 4) is 0 Å². The number of ether oxygens (including phenoxy) is 6. The van der Waals surface area contributed by atoms with Gasteiger partial charge in [0.1, 0.15) is 54.9 Å². The van der Waals surface area contributed by atoms with Crippen LogP contribution >= 0.6 is 0 Å². The van der Waals surface area contributed by atoms with Gasteiger partial charge < -0.3 is 74.4 Å². The Hall–Kier alpha value is -0.600. The summed E-state index contributed by atoms with van der Waals surface area (Å²) in [5, 5.41) is 91.4. The van der Waals surface area contributed by atoms with E-state index in [1.165, 1.54) is 7.11 Å². The first-order chi connectivity index (χ1) is 16.6. The van der Waals surface area contributed by atoms with Gasteiger partial charge in [0.2, 0.25) is 0 Å². The summed E-state index contributed by atoms with van der Waals surface area (Å²) in [4.78, 5) is 0. The van der Waals surface area contributed by atoms with E-state index >= 15 is 0 Å². The summed E-state index contributed by atoms with van der Waals surface area (Å²) in [6.45, 7) is -0.329. The van der Waals surface area contributed by atoms with Crippen LogP contribution in [-0.2, 0) is 28.4 Å². The molecule has 206 valence electrons. The Kier molecular flexibility index (Phi) is 10.2. The maximum atomic E-state index is 10.7. The fourth-order valence-electron chi connectivity index (χ4n) is 4.45. The molecule has 0 spiro atoms. The van der Waals surface area contributed by atoms with Gasteiger partial charge in [-0.15, -0.1) is 0 Å². The van der Waals surface area contributed by atoms with Gasteiger partial charge in [0, 0.05) is 13.0 Å². The third-order valence-electron chi connectivity index (χ3n) is 6.70. The van der Waals surface area contributed by atoms with Crippen molar-refractivity contribution >= 4 is 0 Å². The molecule has 3 heterocycles. The first kappa shape index (κ1) is 29.0. The summed E-state index contributed by atoms with van der Waals surface area (Å²) in [6.07, 6.45) is -20.5. The number of aliphatic hydroxyl groups excluding tert-OH is 9. The van der Waals surface area contributed by atoms with E-state index in [4.69, 9.17) is 28.4 Å². The molecule has 0 aromatic carbocycles. The molecule has 3 rings (SSSR count). The predicted octanol–water partition coefficient (Wildman–Crippen LogP) is -5.64. The number of methoxy groups -OCH3 is 1.